The van der Waals surface area contributed by atoms with Crippen molar-refractivity contribution in [1.82, 2.24) is 0 Å². The van der Waals surface area contributed by atoms with Crippen LogP contribution in [-0.4, -0.2) is 66.5 Å². The van der Waals surface area contributed by atoms with Gasteiger partial charge in [0.1, 0.15) is 18.5 Å². The summed E-state index contributed by atoms with van der Waals surface area (Å²) in [5.41, 5.74) is 0. The zero-order valence-electron chi connectivity index (χ0n) is 9.48. The molecule has 0 aliphatic carbocycles. The Hall–Kier alpha value is 1.61. The molecule has 0 bridgehead atoms. The van der Waals surface area contributed by atoms with Crippen molar-refractivity contribution in [3.05, 3.63) is 0 Å². The predicted octanol–water partition coefficient (Wildman–Crippen LogP) is -0.604. The molecule has 0 heterocycles. The largest absolute Gasteiger partial charge is 0.596 e. The zero-order valence-corrected chi connectivity index (χ0v) is 15.1. The van der Waals surface area contributed by atoms with Gasteiger partial charge in [0, 0.05) is 48.0 Å². The quantitative estimate of drug-likeness (QED) is 0.412. The molecular weight excluding hydrogens is 315 g/mol. The van der Waals surface area contributed by atoms with E-state index in [9.17, 15) is 28.4 Å². The molecular formula is C6H12NaO6P4. The van der Waals surface area contributed by atoms with Crippen LogP contribution in [0.2, 0.25) is 0 Å². The first kappa shape index (κ1) is 20.9. The van der Waals surface area contributed by atoms with E-state index >= 15 is 0 Å². The Morgan fingerprint density at radius 1 is 0.706 bits per heavy atom. The molecule has 11 heteroatoms. The predicted molar refractivity (Wildman–Crippen MR) is 64.7 cm³/mol. The minimum Gasteiger partial charge on any atom is -0.596 e. The summed E-state index contributed by atoms with van der Waals surface area (Å²) in [6.07, 6.45) is 1.19. The standard InChI is InChI=1S/C6H12O6P4.Na/c7-14(8)4-1-13(2-5-15(9)10)3-6-16(11)12;/h1-6H2;. The molecule has 0 aromatic carbocycles. The molecule has 0 aromatic rings. The fourth-order valence-corrected chi connectivity index (χ4v) is 7.03. The van der Waals surface area contributed by atoms with Crippen LogP contribution in [-0.2, 0) is 13.7 Å². The maximum Gasteiger partial charge on any atom is 0.309 e. The molecule has 3 atom stereocenters. The van der Waals surface area contributed by atoms with Crippen molar-refractivity contribution in [2.45, 2.75) is 0 Å². The fourth-order valence-electron chi connectivity index (χ4n) is 1.00. The molecule has 3 unspecified atom stereocenters. The first-order valence-corrected chi connectivity index (χ1v) is 10.5. The summed E-state index contributed by atoms with van der Waals surface area (Å²) in [5, 5.41) is 0. The van der Waals surface area contributed by atoms with Crippen molar-refractivity contribution in [2.75, 3.05) is 37.0 Å². The summed E-state index contributed by atoms with van der Waals surface area (Å²) in [6.45, 7) is 0. The summed E-state index contributed by atoms with van der Waals surface area (Å²) in [7, 11) is -8.22. The maximum absolute atomic E-state index is 10.4. The van der Waals surface area contributed by atoms with Gasteiger partial charge >= 0.3 is 24.1 Å². The number of hydrogen-bond acceptors (Lipinski definition) is 6. The van der Waals surface area contributed by atoms with E-state index in [1.54, 1.807) is 0 Å². The Balaban J connectivity index is 0. The Kier molecular flexibility index (Phi) is 15.5. The van der Waals surface area contributed by atoms with E-state index in [1.807, 2.05) is 0 Å². The van der Waals surface area contributed by atoms with Crippen LogP contribution < -0.4 is 14.7 Å². The van der Waals surface area contributed by atoms with Gasteiger partial charge in [0.2, 0.25) is 0 Å². The SMILES string of the molecule is O=[P+]([O-])CCP(CC[P+](=O)[O-])CC[P+](=O)[O-].[Na]. The summed E-state index contributed by atoms with van der Waals surface area (Å²) >= 11 is 0. The summed E-state index contributed by atoms with van der Waals surface area (Å²) in [4.78, 5) is 31.2. The van der Waals surface area contributed by atoms with Crippen molar-refractivity contribution in [3.63, 3.8) is 0 Å². The van der Waals surface area contributed by atoms with Gasteiger partial charge in [0.05, 0.1) is 0 Å². The first-order chi connectivity index (χ1) is 7.41. The van der Waals surface area contributed by atoms with E-state index in [0.29, 0.717) is 18.5 Å². The van der Waals surface area contributed by atoms with Gasteiger partial charge in [-0.2, -0.15) is 0 Å². The van der Waals surface area contributed by atoms with Crippen LogP contribution >= 0.6 is 32.0 Å². The summed E-state index contributed by atoms with van der Waals surface area (Å²) < 4.78 is 31.2. The third-order valence-corrected chi connectivity index (χ3v) is 7.19. The van der Waals surface area contributed by atoms with Gasteiger partial charge in [0.25, 0.3) is 0 Å². The van der Waals surface area contributed by atoms with Crippen LogP contribution in [0, 0.1) is 0 Å². The third kappa shape index (κ3) is 15.6. The number of rotatable bonds is 9. The van der Waals surface area contributed by atoms with E-state index < -0.39 is 32.0 Å². The smallest absolute Gasteiger partial charge is 0.309 e. The molecule has 17 heavy (non-hydrogen) atoms. The average molecular weight is 327 g/mol. The molecule has 0 amide bonds. The summed E-state index contributed by atoms with van der Waals surface area (Å²) in [6, 6.07) is 0. The normalized spacial score (nSPS) is 14.6. The molecule has 0 spiro atoms. The Labute approximate surface area is 126 Å². The van der Waals surface area contributed by atoms with Crippen molar-refractivity contribution in [2.24, 2.45) is 0 Å². The molecule has 0 aromatic heterocycles. The monoisotopic (exact) mass is 327 g/mol. The molecule has 0 rings (SSSR count). The van der Waals surface area contributed by atoms with Gasteiger partial charge < -0.3 is 14.7 Å². The Morgan fingerprint density at radius 3 is 1.12 bits per heavy atom. The minimum absolute atomic E-state index is 0. The van der Waals surface area contributed by atoms with Crippen molar-refractivity contribution in [1.29, 1.82) is 0 Å². The van der Waals surface area contributed by atoms with E-state index in [4.69, 9.17) is 0 Å². The van der Waals surface area contributed by atoms with E-state index in [-0.39, 0.29) is 48.0 Å². The topological polar surface area (TPSA) is 120 Å². The number of hydrogen-bond donors (Lipinski definition) is 0. The second-order valence-electron chi connectivity index (χ2n) is 3.01. The van der Waals surface area contributed by atoms with Crippen LogP contribution in [0.1, 0.15) is 0 Å². The van der Waals surface area contributed by atoms with E-state index in [1.165, 1.54) is 0 Å². The van der Waals surface area contributed by atoms with Crippen LogP contribution in [0.3, 0.4) is 0 Å². The van der Waals surface area contributed by atoms with Crippen molar-refractivity contribution >= 4 is 61.6 Å². The van der Waals surface area contributed by atoms with Gasteiger partial charge in [-0.05, 0) is 0 Å². The van der Waals surface area contributed by atoms with Gasteiger partial charge in [0.15, 0.2) is 0 Å². The first-order valence-electron chi connectivity index (χ1n) is 4.49. The third-order valence-electron chi connectivity index (χ3n) is 1.80. The molecule has 6 nitrogen and oxygen atoms in total. The van der Waals surface area contributed by atoms with Crippen molar-refractivity contribution < 1.29 is 28.4 Å². The van der Waals surface area contributed by atoms with E-state index in [0.717, 1.165) is 0 Å². The zero-order chi connectivity index (χ0) is 12.6. The van der Waals surface area contributed by atoms with Crippen LogP contribution in [0.5, 0.6) is 0 Å². The fraction of sp³-hybridized carbons (Fsp3) is 1.00. The second-order valence-corrected chi connectivity index (χ2v) is 9.03. The van der Waals surface area contributed by atoms with Crippen molar-refractivity contribution in [3.8, 4) is 0 Å². The molecule has 0 aliphatic rings. The molecule has 0 N–H and O–H groups in total. The summed E-state index contributed by atoms with van der Waals surface area (Å²) in [5.74, 6) is 0. The van der Waals surface area contributed by atoms with Gasteiger partial charge in [-0.25, -0.2) is 0 Å². The minimum atomic E-state index is -2.47. The Bertz CT molecular complexity index is 232. The molecule has 0 fully saturated rings. The van der Waals surface area contributed by atoms with E-state index in [2.05, 4.69) is 0 Å². The van der Waals surface area contributed by atoms with Crippen LogP contribution in [0.15, 0.2) is 0 Å². The van der Waals surface area contributed by atoms with Gasteiger partial charge in [-0.1, -0.05) is 21.6 Å². The average Bonchev–Trinajstić information content (AvgIpc) is 2.15. The molecule has 1 radical (unpaired) electrons. The molecule has 93 valence electrons. The van der Waals surface area contributed by atoms with Gasteiger partial charge in [-0.15, -0.1) is 0 Å². The van der Waals surface area contributed by atoms with Crippen LogP contribution in [0.25, 0.3) is 0 Å². The molecule has 0 saturated heterocycles. The second kappa shape index (κ2) is 12.6. The maximum atomic E-state index is 10.4. The van der Waals surface area contributed by atoms with Gasteiger partial charge in [-0.3, -0.25) is 0 Å². The van der Waals surface area contributed by atoms with Crippen LogP contribution in [0.4, 0.5) is 0 Å². The molecule has 0 saturated carbocycles. The molecule has 0 aliphatic heterocycles. The Morgan fingerprint density at radius 2 is 0.941 bits per heavy atom.